The zero-order chi connectivity index (χ0) is 12.7. The molecule has 1 rings (SSSR count). The summed E-state index contributed by atoms with van der Waals surface area (Å²) in [6, 6.07) is 8.71. The molecule has 0 spiro atoms. The highest BCUT2D eigenvalue weighted by Crippen LogP contribution is 2.16. The highest BCUT2D eigenvalue weighted by atomic mass is 16.6. The van der Waals surface area contributed by atoms with Crippen molar-refractivity contribution in [3.05, 3.63) is 48.2 Å². The van der Waals surface area contributed by atoms with E-state index in [1.165, 1.54) is 0 Å². The van der Waals surface area contributed by atoms with Crippen molar-refractivity contribution in [3.63, 3.8) is 0 Å². The van der Waals surface area contributed by atoms with Crippen molar-refractivity contribution >= 4 is 5.97 Å². The SMILES string of the molecule is C=C(CCCC)OC(=O)[C@H](O)c1ccccc1. The summed E-state index contributed by atoms with van der Waals surface area (Å²) in [6.45, 7) is 5.70. The molecular weight excluding hydrogens is 216 g/mol. The minimum atomic E-state index is -1.24. The van der Waals surface area contributed by atoms with Gasteiger partial charge >= 0.3 is 5.97 Å². The zero-order valence-corrected chi connectivity index (χ0v) is 10.1. The van der Waals surface area contributed by atoms with Crippen LogP contribution < -0.4 is 0 Å². The molecule has 92 valence electrons. The molecule has 0 unspecified atom stereocenters. The highest BCUT2D eigenvalue weighted by molar-refractivity contribution is 5.77. The number of ether oxygens (including phenoxy) is 1. The van der Waals surface area contributed by atoms with E-state index in [-0.39, 0.29) is 0 Å². The average Bonchev–Trinajstić information content (AvgIpc) is 2.36. The first-order valence-corrected chi connectivity index (χ1v) is 5.77. The van der Waals surface area contributed by atoms with Gasteiger partial charge < -0.3 is 9.84 Å². The first-order valence-electron chi connectivity index (χ1n) is 5.77. The van der Waals surface area contributed by atoms with Gasteiger partial charge in [-0.3, -0.25) is 0 Å². The van der Waals surface area contributed by atoms with Gasteiger partial charge in [-0.15, -0.1) is 0 Å². The van der Waals surface area contributed by atoms with Crippen LogP contribution in [-0.4, -0.2) is 11.1 Å². The maximum atomic E-state index is 11.6. The van der Waals surface area contributed by atoms with Crippen LogP contribution in [0.15, 0.2) is 42.7 Å². The van der Waals surface area contributed by atoms with Crippen LogP contribution in [0, 0.1) is 0 Å². The molecule has 0 aromatic heterocycles. The molecule has 0 saturated heterocycles. The summed E-state index contributed by atoms with van der Waals surface area (Å²) in [7, 11) is 0. The second-order valence-electron chi connectivity index (χ2n) is 3.88. The fourth-order valence-corrected chi connectivity index (χ4v) is 1.39. The second-order valence-corrected chi connectivity index (χ2v) is 3.88. The van der Waals surface area contributed by atoms with E-state index in [2.05, 4.69) is 6.58 Å². The third-order valence-electron chi connectivity index (χ3n) is 2.39. The van der Waals surface area contributed by atoms with Crippen LogP contribution in [0.5, 0.6) is 0 Å². The van der Waals surface area contributed by atoms with E-state index < -0.39 is 12.1 Å². The van der Waals surface area contributed by atoms with E-state index in [1.807, 2.05) is 13.0 Å². The summed E-state index contributed by atoms with van der Waals surface area (Å²) < 4.78 is 4.99. The third kappa shape index (κ3) is 4.41. The normalized spacial score (nSPS) is 11.9. The standard InChI is InChI=1S/C14H18O3/c1-3-4-8-11(2)17-14(16)13(15)12-9-6-5-7-10-12/h5-7,9-10,13,15H,2-4,8H2,1H3/t13-/m1/s1. The van der Waals surface area contributed by atoms with Crippen molar-refractivity contribution < 1.29 is 14.6 Å². The van der Waals surface area contributed by atoms with E-state index in [4.69, 9.17) is 4.74 Å². The molecule has 1 atom stereocenters. The molecule has 1 N–H and O–H groups in total. The smallest absolute Gasteiger partial charge is 0.344 e. The Labute approximate surface area is 102 Å². The number of aliphatic hydroxyl groups excluding tert-OH is 1. The Morgan fingerprint density at radius 3 is 2.65 bits per heavy atom. The maximum Gasteiger partial charge on any atom is 0.344 e. The minimum absolute atomic E-state index is 0.409. The second kappa shape index (κ2) is 6.86. The van der Waals surface area contributed by atoms with Gasteiger partial charge in [-0.25, -0.2) is 4.79 Å². The number of aliphatic hydroxyl groups is 1. The summed E-state index contributed by atoms with van der Waals surface area (Å²) in [6.07, 6.45) is 1.34. The van der Waals surface area contributed by atoms with Crippen LogP contribution in [0.4, 0.5) is 0 Å². The molecule has 0 fully saturated rings. The summed E-state index contributed by atoms with van der Waals surface area (Å²) in [5.41, 5.74) is 0.529. The molecule has 1 aromatic carbocycles. The van der Waals surface area contributed by atoms with Gasteiger partial charge in [0.2, 0.25) is 0 Å². The van der Waals surface area contributed by atoms with Gasteiger partial charge in [-0.1, -0.05) is 50.3 Å². The summed E-state index contributed by atoms with van der Waals surface area (Å²) in [4.78, 5) is 11.6. The Morgan fingerprint density at radius 1 is 1.41 bits per heavy atom. The summed E-state index contributed by atoms with van der Waals surface area (Å²) in [5, 5.41) is 9.75. The van der Waals surface area contributed by atoms with E-state index in [0.717, 1.165) is 12.8 Å². The van der Waals surface area contributed by atoms with Gasteiger partial charge in [0.1, 0.15) is 5.76 Å². The molecular formula is C14H18O3. The van der Waals surface area contributed by atoms with Gasteiger partial charge in [0, 0.05) is 6.42 Å². The predicted octanol–water partition coefficient (Wildman–Crippen LogP) is 2.97. The van der Waals surface area contributed by atoms with Crippen LogP contribution in [0.3, 0.4) is 0 Å². The van der Waals surface area contributed by atoms with Gasteiger partial charge in [-0.05, 0) is 12.0 Å². The Balaban J connectivity index is 2.50. The fourth-order valence-electron chi connectivity index (χ4n) is 1.39. The lowest BCUT2D eigenvalue weighted by atomic mass is 10.1. The van der Waals surface area contributed by atoms with Crippen molar-refractivity contribution in [2.24, 2.45) is 0 Å². The fraction of sp³-hybridized carbons (Fsp3) is 0.357. The van der Waals surface area contributed by atoms with Crippen LogP contribution in [-0.2, 0) is 9.53 Å². The molecule has 3 nitrogen and oxygen atoms in total. The van der Waals surface area contributed by atoms with Crippen molar-refractivity contribution in [1.82, 2.24) is 0 Å². The summed E-state index contributed by atoms with van der Waals surface area (Å²) >= 11 is 0. The Morgan fingerprint density at radius 2 is 2.06 bits per heavy atom. The maximum absolute atomic E-state index is 11.6. The quantitative estimate of drug-likeness (QED) is 0.608. The molecule has 0 bridgehead atoms. The number of benzene rings is 1. The lowest BCUT2D eigenvalue weighted by molar-refractivity contribution is -0.149. The average molecular weight is 234 g/mol. The molecule has 17 heavy (non-hydrogen) atoms. The van der Waals surface area contributed by atoms with Crippen LogP contribution in [0.1, 0.15) is 37.9 Å². The lowest BCUT2D eigenvalue weighted by Gasteiger charge is -2.11. The van der Waals surface area contributed by atoms with Gasteiger partial charge in [0.05, 0.1) is 0 Å². The van der Waals surface area contributed by atoms with E-state index in [0.29, 0.717) is 17.7 Å². The molecule has 0 aliphatic carbocycles. The topological polar surface area (TPSA) is 46.5 Å². The molecule has 0 radical (unpaired) electrons. The number of unbranched alkanes of at least 4 members (excludes halogenated alkanes) is 1. The monoisotopic (exact) mass is 234 g/mol. The lowest BCUT2D eigenvalue weighted by Crippen LogP contribution is -2.15. The first kappa shape index (κ1) is 13.5. The Hall–Kier alpha value is -1.61. The van der Waals surface area contributed by atoms with E-state index >= 15 is 0 Å². The molecule has 1 aromatic rings. The van der Waals surface area contributed by atoms with Gasteiger partial charge in [0.25, 0.3) is 0 Å². The predicted molar refractivity (Wildman–Crippen MR) is 66.2 cm³/mol. The molecule has 0 amide bonds. The van der Waals surface area contributed by atoms with Gasteiger partial charge in [-0.2, -0.15) is 0 Å². The zero-order valence-electron chi connectivity index (χ0n) is 10.1. The Kier molecular flexibility index (Phi) is 5.43. The van der Waals surface area contributed by atoms with Crippen molar-refractivity contribution in [3.8, 4) is 0 Å². The number of esters is 1. The summed E-state index contributed by atoms with van der Waals surface area (Å²) in [5.74, 6) is -0.260. The highest BCUT2D eigenvalue weighted by Gasteiger charge is 2.19. The van der Waals surface area contributed by atoms with E-state index in [9.17, 15) is 9.90 Å². The van der Waals surface area contributed by atoms with Gasteiger partial charge in [0.15, 0.2) is 6.10 Å². The third-order valence-corrected chi connectivity index (χ3v) is 2.39. The van der Waals surface area contributed by atoms with Crippen molar-refractivity contribution in [2.75, 3.05) is 0 Å². The van der Waals surface area contributed by atoms with Crippen molar-refractivity contribution in [1.29, 1.82) is 0 Å². The Bertz CT molecular complexity index is 370. The first-order chi connectivity index (χ1) is 8.15. The van der Waals surface area contributed by atoms with Crippen molar-refractivity contribution in [2.45, 2.75) is 32.3 Å². The number of carbonyl (C=O) groups excluding carboxylic acids is 1. The number of carbonyl (C=O) groups is 1. The number of allylic oxidation sites excluding steroid dienone is 1. The molecule has 0 heterocycles. The number of hydrogen-bond acceptors (Lipinski definition) is 3. The van der Waals surface area contributed by atoms with E-state index in [1.54, 1.807) is 24.3 Å². The van der Waals surface area contributed by atoms with Crippen LogP contribution in [0.2, 0.25) is 0 Å². The largest absolute Gasteiger partial charge is 0.430 e. The van der Waals surface area contributed by atoms with Crippen LogP contribution in [0.25, 0.3) is 0 Å². The minimum Gasteiger partial charge on any atom is -0.430 e. The number of rotatable bonds is 6. The molecule has 0 saturated carbocycles. The molecule has 0 aliphatic rings. The molecule has 0 aliphatic heterocycles. The molecule has 3 heteroatoms. The van der Waals surface area contributed by atoms with Crippen LogP contribution >= 0.6 is 0 Å². The number of hydrogen-bond donors (Lipinski definition) is 1.